The van der Waals surface area contributed by atoms with Gasteiger partial charge < -0.3 is 15.6 Å². The van der Waals surface area contributed by atoms with E-state index in [1.165, 1.54) is 12.8 Å². The number of para-hydroxylation sites is 2. The first-order valence-corrected chi connectivity index (χ1v) is 8.79. The molecule has 4 rings (SSSR count). The van der Waals surface area contributed by atoms with Gasteiger partial charge in [-0.1, -0.05) is 36.4 Å². The lowest BCUT2D eigenvalue weighted by molar-refractivity contribution is -0.120. The molecule has 0 saturated heterocycles. The van der Waals surface area contributed by atoms with Gasteiger partial charge in [0.2, 0.25) is 5.91 Å². The molecular weight excluding hydrogens is 312 g/mol. The van der Waals surface area contributed by atoms with Gasteiger partial charge in [0.1, 0.15) is 5.82 Å². The molecule has 1 fully saturated rings. The normalized spacial score (nSPS) is 13.9. The highest BCUT2D eigenvalue weighted by atomic mass is 16.1. The summed E-state index contributed by atoms with van der Waals surface area (Å²) < 4.78 is 0. The second-order valence-electron chi connectivity index (χ2n) is 6.65. The Bertz CT molecular complexity index is 832. The SMILES string of the molecule is O=C(CNCC1CC1)NCc1ccc(-c2nc3ccccc3[nH]2)cc1. The summed E-state index contributed by atoms with van der Waals surface area (Å²) in [6.07, 6.45) is 2.60. The second kappa shape index (κ2) is 7.07. The minimum Gasteiger partial charge on any atom is -0.351 e. The van der Waals surface area contributed by atoms with Gasteiger partial charge in [0, 0.05) is 12.1 Å². The van der Waals surface area contributed by atoms with Gasteiger partial charge in [-0.3, -0.25) is 4.79 Å². The summed E-state index contributed by atoms with van der Waals surface area (Å²) >= 11 is 0. The van der Waals surface area contributed by atoms with Crippen LogP contribution in [0.25, 0.3) is 22.4 Å². The van der Waals surface area contributed by atoms with Gasteiger partial charge in [-0.2, -0.15) is 0 Å². The minimum atomic E-state index is 0.0435. The number of benzene rings is 2. The Balaban J connectivity index is 1.32. The zero-order valence-electron chi connectivity index (χ0n) is 14.1. The summed E-state index contributed by atoms with van der Waals surface area (Å²) in [6, 6.07) is 16.1. The second-order valence-corrected chi connectivity index (χ2v) is 6.65. The number of rotatable bonds is 7. The van der Waals surface area contributed by atoms with E-state index >= 15 is 0 Å². The molecular formula is C20H22N4O. The van der Waals surface area contributed by atoms with Crippen molar-refractivity contribution in [1.29, 1.82) is 0 Å². The number of nitrogens with zero attached hydrogens (tertiary/aromatic N) is 1. The van der Waals surface area contributed by atoms with Gasteiger partial charge in [0.15, 0.2) is 0 Å². The molecule has 1 saturated carbocycles. The highest BCUT2D eigenvalue weighted by Gasteiger charge is 2.20. The molecule has 0 unspecified atom stereocenters. The van der Waals surface area contributed by atoms with Crippen LogP contribution in [0.1, 0.15) is 18.4 Å². The molecule has 1 aliphatic rings. The molecule has 0 bridgehead atoms. The molecule has 1 aliphatic carbocycles. The number of carbonyl (C=O) groups excluding carboxylic acids is 1. The van der Waals surface area contributed by atoms with E-state index in [0.29, 0.717) is 13.1 Å². The number of fused-ring (bicyclic) bond motifs is 1. The topological polar surface area (TPSA) is 69.8 Å². The van der Waals surface area contributed by atoms with Gasteiger partial charge in [-0.15, -0.1) is 0 Å². The van der Waals surface area contributed by atoms with Gasteiger partial charge in [0.25, 0.3) is 0 Å². The zero-order chi connectivity index (χ0) is 17.1. The molecule has 0 atom stereocenters. The first kappa shape index (κ1) is 15.8. The van der Waals surface area contributed by atoms with Crippen molar-refractivity contribution in [3.05, 3.63) is 54.1 Å². The molecule has 128 valence electrons. The number of aromatic nitrogens is 2. The maximum Gasteiger partial charge on any atom is 0.234 e. The van der Waals surface area contributed by atoms with E-state index in [4.69, 9.17) is 0 Å². The highest BCUT2D eigenvalue weighted by Crippen LogP contribution is 2.27. The van der Waals surface area contributed by atoms with Crippen LogP contribution in [0.2, 0.25) is 0 Å². The van der Waals surface area contributed by atoms with Crippen molar-refractivity contribution in [3.63, 3.8) is 0 Å². The number of H-pyrrole nitrogens is 1. The average Bonchev–Trinajstić information content (AvgIpc) is 3.36. The fourth-order valence-corrected chi connectivity index (χ4v) is 2.84. The van der Waals surface area contributed by atoms with Crippen LogP contribution < -0.4 is 10.6 Å². The summed E-state index contributed by atoms with van der Waals surface area (Å²) in [6.45, 7) is 1.90. The third kappa shape index (κ3) is 4.06. The van der Waals surface area contributed by atoms with Crippen LogP contribution in [-0.4, -0.2) is 29.0 Å². The van der Waals surface area contributed by atoms with Crippen LogP contribution in [0.3, 0.4) is 0 Å². The molecule has 5 nitrogen and oxygen atoms in total. The molecule has 2 aromatic carbocycles. The van der Waals surface area contributed by atoms with E-state index in [0.717, 1.165) is 40.4 Å². The molecule has 1 aromatic heterocycles. The number of aromatic amines is 1. The van der Waals surface area contributed by atoms with E-state index in [2.05, 4.69) is 20.6 Å². The number of nitrogens with one attached hydrogen (secondary N) is 3. The predicted octanol–water partition coefficient (Wildman–Crippen LogP) is 2.85. The third-order valence-electron chi connectivity index (χ3n) is 4.52. The zero-order valence-corrected chi connectivity index (χ0v) is 14.1. The Morgan fingerprint density at radius 2 is 1.92 bits per heavy atom. The molecule has 0 spiro atoms. The highest BCUT2D eigenvalue weighted by molar-refractivity contribution is 5.79. The van der Waals surface area contributed by atoms with Crippen LogP contribution in [0, 0.1) is 5.92 Å². The lowest BCUT2D eigenvalue weighted by atomic mass is 10.1. The smallest absolute Gasteiger partial charge is 0.234 e. The largest absolute Gasteiger partial charge is 0.351 e. The number of hydrogen-bond donors (Lipinski definition) is 3. The Morgan fingerprint density at radius 3 is 2.68 bits per heavy atom. The van der Waals surface area contributed by atoms with Gasteiger partial charge >= 0.3 is 0 Å². The first-order valence-electron chi connectivity index (χ1n) is 8.79. The van der Waals surface area contributed by atoms with Crippen LogP contribution in [-0.2, 0) is 11.3 Å². The Hall–Kier alpha value is -2.66. The number of imidazole rings is 1. The average molecular weight is 334 g/mol. The van der Waals surface area contributed by atoms with Crippen LogP contribution in [0.5, 0.6) is 0 Å². The maximum atomic E-state index is 11.8. The molecule has 25 heavy (non-hydrogen) atoms. The van der Waals surface area contributed by atoms with Crippen molar-refractivity contribution in [3.8, 4) is 11.4 Å². The summed E-state index contributed by atoms with van der Waals surface area (Å²) in [5.41, 5.74) is 4.12. The molecule has 0 radical (unpaired) electrons. The van der Waals surface area contributed by atoms with Crippen LogP contribution in [0.15, 0.2) is 48.5 Å². The van der Waals surface area contributed by atoms with Gasteiger partial charge in [-0.25, -0.2) is 4.98 Å². The fraction of sp³-hybridized carbons (Fsp3) is 0.300. The van der Waals surface area contributed by atoms with E-state index in [1.807, 2.05) is 48.5 Å². The minimum absolute atomic E-state index is 0.0435. The monoisotopic (exact) mass is 334 g/mol. The van der Waals surface area contributed by atoms with Crippen molar-refractivity contribution in [2.45, 2.75) is 19.4 Å². The Labute approximate surface area is 146 Å². The Kier molecular flexibility index (Phi) is 4.48. The molecule has 0 aliphatic heterocycles. The first-order chi connectivity index (χ1) is 12.3. The molecule has 3 N–H and O–H groups in total. The number of amides is 1. The lowest BCUT2D eigenvalue weighted by Crippen LogP contribution is -2.34. The maximum absolute atomic E-state index is 11.8. The lowest BCUT2D eigenvalue weighted by Gasteiger charge is -2.07. The molecule has 1 heterocycles. The van der Waals surface area contributed by atoms with Crippen molar-refractivity contribution in [2.24, 2.45) is 5.92 Å². The van der Waals surface area contributed by atoms with Crippen molar-refractivity contribution >= 4 is 16.9 Å². The summed E-state index contributed by atoms with van der Waals surface area (Å²) in [5.74, 6) is 1.70. The van der Waals surface area contributed by atoms with E-state index in [1.54, 1.807) is 0 Å². The quantitative estimate of drug-likeness (QED) is 0.622. The standard InChI is InChI=1S/C20H22N4O/c25-19(13-21-11-14-5-6-14)22-12-15-7-9-16(10-8-15)20-23-17-3-1-2-4-18(17)24-20/h1-4,7-10,14,21H,5-6,11-13H2,(H,22,25)(H,23,24). The molecule has 1 amide bonds. The Morgan fingerprint density at radius 1 is 1.12 bits per heavy atom. The van der Waals surface area contributed by atoms with Gasteiger partial charge in [0.05, 0.1) is 17.6 Å². The molecule has 5 heteroatoms. The van der Waals surface area contributed by atoms with Crippen molar-refractivity contribution < 1.29 is 4.79 Å². The number of carbonyl (C=O) groups is 1. The summed E-state index contributed by atoms with van der Waals surface area (Å²) in [7, 11) is 0. The van der Waals surface area contributed by atoms with Gasteiger partial charge in [-0.05, 0) is 43.0 Å². The van der Waals surface area contributed by atoms with Crippen LogP contribution >= 0.6 is 0 Å². The predicted molar refractivity (Wildman–Crippen MR) is 99.0 cm³/mol. The summed E-state index contributed by atoms with van der Waals surface area (Å²) in [4.78, 5) is 19.8. The summed E-state index contributed by atoms with van der Waals surface area (Å²) in [5, 5.41) is 6.15. The van der Waals surface area contributed by atoms with Crippen LogP contribution in [0.4, 0.5) is 0 Å². The van der Waals surface area contributed by atoms with E-state index < -0.39 is 0 Å². The molecule has 3 aromatic rings. The number of hydrogen-bond acceptors (Lipinski definition) is 3. The third-order valence-corrected chi connectivity index (χ3v) is 4.52. The van der Waals surface area contributed by atoms with Crippen molar-refractivity contribution in [2.75, 3.05) is 13.1 Å². The van der Waals surface area contributed by atoms with E-state index in [9.17, 15) is 4.79 Å². The fourth-order valence-electron chi connectivity index (χ4n) is 2.84. The van der Waals surface area contributed by atoms with E-state index in [-0.39, 0.29) is 5.91 Å². The van der Waals surface area contributed by atoms with Crippen molar-refractivity contribution in [1.82, 2.24) is 20.6 Å².